The third-order valence-corrected chi connectivity index (χ3v) is 5.50. The van der Waals surface area contributed by atoms with Gasteiger partial charge in [0.15, 0.2) is 5.50 Å². The second-order valence-corrected chi connectivity index (χ2v) is 7.25. The Morgan fingerprint density at radius 1 is 1.41 bits per heavy atom. The van der Waals surface area contributed by atoms with Crippen molar-refractivity contribution in [2.75, 3.05) is 18.5 Å². The van der Waals surface area contributed by atoms with E-state index in [0.29, 0.717) is 16.8 Å². The molecule has 0 radical (unpaired) electrons. The Balaban J connectivity index is 1.87. The van der Waals surface area contributed by atoms with Gasteiger partial charge < -0.3 is 15.5 Å². The number of nitrogens with zero attached hydrogens (tertiary/aromatic N) is 3. The number of rotatable bonds is 6. The largest absolute Gasteiger partial charge is 0.372 e. The van der Waals surface area contributed by atoms with E-state index < -0.39 is 0 Å². The van der Waals surface area contributed by atoms with Crippen LogP contribution in [0.5, 0.6) is 0 Å². The topological polar surface area (TPSA) is 64.0 Å². The maximum atomic E-state index is 14.7. The molecule has 1 aromatic heterocycles. The molecule has 0 spiro atoms. The number of nitrogens with one attached hydrogen (secondary N) is 2. The van der Waals surface area contributed by atoms with Crippen LogP contribution in [0.2, 0.25) is 0 Å². The minimum Gasteiger partial charge on any atom is -0.372 e. The number of pyridine rings is 1. The zero-order valence-corrected chi connectivity index (χ0v) is 16.4. The van der Waals surface area contributed by atoms with Crippen molar-refractivity contribution < 1.29 is 4.39 Å². The fourth-order valence-electron chi connectivity index (χ4n) is 2.92. The molecule has 0 saturated heterocycles. The lowest BCUT2D eigenvalue weighted by Crippen LogP contribution is -2.41. The zero-order chi connectivity index (χ0) is 19.4. The third kappa shape index (κ3) is 4.01. The molecule has 1 unspecified atom stereocenters. The van der Waals surface area contributed by atoms with E-state index in [1.165, 1.54) is 6.20 Å². The van der Waals surface area contributed by atoms with Crippen LogP contribution in [0, 0.1) is 17.1 Å². The molecule has 2 N–H and O–H groups in total. The Labute approximate surface area is 163 Å². The Morgan fingerprint density at radius 3 is 2.85 bits per heavy atom. The van der Waals surface area contributed by atoms with Crippen molar-refractivity contribution >= 4 is 17.4 Å². The van der Waals surface area contributed by atoms with Gasteiger partial charge in [0, 0.05) is 35.8 Å². The van der Waals surface area contributed by atoms with E-state index in [2.05, 4.69) is 40.4 Å². The van der Waals surface area contributed by atoms with Gasteiger partial charge in [-0.05, 0) is 43.7 Å². The number of aromatic nitrogens is 1. The van der Waals surface area contributed by atoms with Gasteiger partial charge in [-0.25, -0.2) is 9.37 Å². The standard InChI is InChI=1S/C20H22FN5S/c1-4-6-19(23-5-2)25-20-26(3)17-9-15(16(21)10-18(17)27-20)13-7-8-14(11-22)24-12-13/h6-10,12,20,23,25H,4-5H2,1-3H3/b19-6+. The molecule has 7 heteroatoms. The van der Waals surface area contributed by atoms with E-state index in [-0.39, 0.29) is 11.3 Å². The van der Waals surface area contributed by atoms with Crippen molar-refractivity contribution in [2.45, 2.75) is 30.7 Å². The van der Waals surface area contributed by atoms with Crippen molar-refractivity contribution in [3.8, 4) is 17.2 Å². The van der Waals surface area contributed by atoms with Gasteiger partial charge in [0.2, 0.25) is 0 Å². The monoisotopic (exact) mass is 383 g/mol. The summed E-state index contributed by atoms with van der Waals surface area (Å²) in [6.45, 7) is 4.97. The van der Waals surface area contributed by atoms with Crippen LogP contribution in [0.15, 0.2) is 47.3 Å². The summed E-state index contributed by atoms with van der Waals surface area (Å²) in [6.07, 6.45) is 4.57. The number of hydrogen-bond acceptors (Lipinski definition) is 6. The summed E-state index contributed by atoms with van der Waals surface area (Å²) in [4.78, 5) is 7.04. The molecule has 1 aliphatic heterocycles. The SMILES string of the molecule is CC/C=C(\NCC)NC1Sc2cc(F)c(-c3ccc(C#N)nc3)cc2N1C. The van der Waals surface area contributed by atoms with Crippen LogP contribution in [0.3, 0.4) is 0 Å². The highest BCUT2D eigenvalue weighted by atomic mass is 32.2. The molecular formula is C20H22FN5S. The van der Waals surface area contributed by atoms with Gasteiger partial charge in [0.05, 0.1) is 11.5 Å². The highest BCUT2D eigenvalue weighted by molar-refractivity contribution is 8.00. The number of benzene rings is 1. The molecule has 2 aromatic rings. The lowest BCUT2D eigenvalue weighted by atomic mass is 10.1. The number of halogens is 1. The molecule has 1 aliphatic rings. The predicted octanol–water partition coefficient (Wildman–Crippen LogP) is 4.04. The maximum Gasteiger partial charge on any atom is 0.153 e. The van der Waals surface area contributed by atoms with E-state index in [1.807, 2.05) is 19.2 Å². The van der Waals surface area contributed by atoms with Gasteiger partial charge in [0.1, 0.15) is 17.6 Å². The van der Waals surface area contributed by atoms with E-state index in [4.69, 9.17) is 5.26 Å². The average Bonchev–Trinajstić information content (AvgIpc) is 2.96. The van der Waals surface area contributed by atoms with E-state index in [1.54, 1.807) is 30.0 Å². The molecule has 0 fully saturated rings. The van der Waals surface area contributed by atoms with Crippen LogP contribution in [-0.2, 0) is 0 Å². The minimum absolute atomic E-state index is 0.0226. The molecule has 140 valence electrons. The van der Waals surface area contributed by atoms with Gasteiger partial charge in [-0.2, -0.15) is 5.26 Å². The molecule has 3 rings (SSSR count). The Kier molecular flexibility index (Phi) is 5.87. The average molecular weight is 383 g/mol. The molecule has 0 amide bonds. The Bertz CT molecular complexity index is 888. The first-order valence-corrected chi connectivity index (χ1v) is 9.75. The summed E-state index contributed by atoms with van der Waals surface area (Å²) in [5.41, 5.74) is 2.39. The Morgan fingerprint density at radius 2 is 2.22 bits per heavy atom. The highest BCUT2D eigenvalue weighted by Gasteiger charge is 2.29. The first-order valence-electron chi connectivity index (χ1n) is 8.87. The van der Waals surface area contributed by atoms with Crippen LogP contribution in [0.25, 0.3) is 11.1 Å². The van der Waals surface area contributed by atoms with Crippen molar-refractivity contribution in [3.05, 3.63) is 53.9 Å². The molecule has 0 saturated carbocycles. The molecule has 1 atom stereocenters. The minimum atomic E-state index is -0.294. The maximum absolute atomic E-state index is 14.7. The summed E-state index contributed by atoms with van der Waals surface area (Å²) >= 11 is 1.58. The normalized spacial score (nSPS) is 16.0. The van der Waals surface area contributed by atoms with Crippen LogP contribution in [0.1, 0.15) is 26.0 Å². The molecule has 0 bridgehead atoms. The number of allylic oxidation sites excluding steroid dienone is 1. The van der Waals surface area contributed by atoms with Crippen LogP contribution in [-0.4, -0.2) is 24.1 Å². The van der Waals surface area contributed by atoms with Gasteiger partial charge >= 0.3 is 0 Å². The Hall–Kier alpha value is -2.72. The van der Waals surface area contributed by atoms with Gasteiger partial charge in [-0.15, -0.1) is 0 Å². The number of thioether (sulfide) groups is 1. The highest BCUT2D eigenvalue weighted by Crippen LogP contribution is 2.44. The van der Waals surface area contributed by atoms with Crippen LogP contribution < -0.4 is 15.5 Å². The number of anilines is 1. The number of fused-ring (bicyclic) bond motifs is 1. The zero-order valence-electron chi connectivity index (χ0n) is 15.6. The second kappa shape index (κ2) is 8.31. The number of hydrogen-bond donors (Lipinski definition) is 2. The summed E-state index contributed by atoms with van der Waals surface area (Å²) in [5, 5.41) is 15.7. The molecular weight excluding hydrogens is 361 g/mol. The van der Waals surface area contributed by atoms with E-state index in [0.717, 1.165) is 29.4 Å². The summed E-state index contributed by atoms with van der Waals surface area (Å²) in [6, 6.07) is 8.72. The van der Waals surface area contributed by atoms with E-state index in [9.17, 15) is 4.39 Å². The molecule has 27 heavy (non-hydrogen) atoms. The van der Waals surface area contributed by atoms with Crippen LogP contribution >= 0.6 is 11.8 Å². The second-order valence-electron chi connectivity index (χ2n) is 6.13. The lowest BCUT2D eigenvalue weighted by molar-refractivity contribution is 0.627. The molecule has 5 nitrogen and oxygen atoms in total. The summed E-state index contributed by atoms with van der Waals surface area (Å²) in [5.74, 6) is 0.687. The third-order valence-electron chi connectivity index (χ3n) is 4.26. The van der Waals surface area contributed by atoms with Gasteiger partial charge in [0.25, 0.3) is 0 Å². The molecule has 1 aromatic carbocycles. The quantitative estimate of drug-likeness (QED) is 0.785. The van der Waals surface area contributed by atoms with Crippen molar-refractivity contribution in [1.29, 1.82) is 5.26 Å². The fraction of sp³-hybridized carbons (Fsp3) is 0.300. The van der Waals surface area contributed by atoms with Gasteiger partial charge in [-0.3, -0.25) is 0 Å². The fourth-order valence-corrected chi connectivity index (χ4v) is 4.11. The molecule has 0 aliphatic carbocycles. The van der Waals surface area contributed by atoms with Crippen molar-refractivity contribution in [1.82, 2.24) is 15.6 Å². The number of nitriles is 1. The molecule has 2 heterocycles. The van der Waals surface area contributed by atoms with Crippen molar-refractivity contribution in [3.63, 3.8) is 0 Å². The first-order chi connectivity index (χ1) is 13.1. The summed E-state index contributed by atoms with van der Waals surface area (Å²) < 4.78 is 14.7. The first kappa shape index (κ1) is 19.1. The van der Waals surface area contributed by atoms with Crippen molar-refractivity contribution in [2.24, 2.45) is 0 Å². The van der Waals surface area contributed by atoms with Gasteiger partial charge in [-0.1, -0.05) is 18.7 Å². The van der Waals surface area contributed by atoms with E-state index >= 15 is 0 Å². The van der Waals surface area contributed by atoms with Crippen LogP contribution in [0.4, 0.5) is 10.1 Å². The summed E-state index contributed by atoms with van der Waals surface area (Å²) in [7, 11) is 1.99. The lowest BCUT2D eigenvalue weighted by Gasteiger charge is -2.25. The smallest absolute Gasteiger partial charge is 0.153 e. The predicted molar refractivity (Wildman–Crippen MR) is 108 cm³/mol.